The van der Waals surface area contributed by atoms with Gasteiger partial charge in [0.2, 0.25) is 0 Å². The molecular formula is C17H21N3O4. The van der Waals surface area contributed by atoms with Gasteiger partial charge in [0.15, 0.2) is 11.5 Å². The summed E-state index contributed by atoms with van der Waals surface area (Å²) < 4.78 is 10.8. The Hall–Kier alpha value is -2.41. The van der Waals surface area contributed by atoms with Crippen molar-refractivity contribution in [2.24, 2.45) is 0 Å². The van der Waals surface area contributed by atoms with Crippen molar-refractivity contribution in [2.45, 2.75) is 38.8 Å². The number of amides is 1. The molecule has 0 unspecified atom stereocenters. The highest BCUT2D eigenvalue weighted by atomic mass is 16.5. The molecule has 0 aromatic carbocycles. The van der Waals surface area contributed by atoms with Gasteiger partial charge < -0.3 is 19.3 Å². The summed E-state index contributed by atoms with van der Waals surface area (Å²) in [6.07, 6.45) is 4.42. The third-order valence-electron chi connectivity index (χ3n) is 4.14. The summed E-state index contributed by atoms with van der Waals surface area (Å²) in [4.78, 5) is 18.4. The minimum absolute atomic E-state index is 0.0278. The van der Waals surface area contributed by atoms with Crippen molar-refractivity contribution in [2.75, 3.05) is 13.2 Å². The molecule has 3 rings (SSSR count). The van der Waals surface area contributed by atoms with Gasteiger partial charge in [-0.2, -0.15) is 0 Å². The first kappa shape index (κ1) is 16.4. The summed E-state index contributed by atoms with van der Waals surface area (Å²) in [6.45, 7) is 2.69. The van der Waals surface area contributed by atoms with Crippen LogP contribution in [0.5, 0.6) is 5.75 Å². The number of piperidine rings is 1. The molecule has 1 aliphatic heterocycles. The van der Waals surface area contributed by atoms with E-state index in [1.807, 2.05) is 19.1 Å². The zero-order valence-corrected chi connectivity index (χ0v) is 13.6. The van der Waals surface area contributed by atoms with Crippen LogP contribution in [0.4, 0.5) is 0 Å². The maximum atomic E-state index is 12.5. The van der Waals surface area contributed by atoms with E-state index < -0.39 is 0 Å². The fourth-order valence-electron chi connectivity index (χ4n) is 2.78. The van der Waals surface area contributed by atoms with Gasteiger partial charge >= 0.3 is 0 Å². The molecule has 1 amide bonds. The second kappa shape index (κ2) is 7.44. The van der Waals surface area contributed by atoms with Crippen molar-refractivity contribution < 1.29 is 19.2 Å². The molecule has 7 nitrogen and oxygen atoms in total. The molecule has 2 aromatic rings. The standard InChI is InChI=1S/C17H21N3O4/c1-12-5-6-14(9-18-12)23-11-15-8-16(19-24-15)17(22)20-7-3-2-4-13(20)10-21/h5-6,8-9,13,21H,2-4,7,10-11H2,1H3/t13-/m0/s1. The van der Waals surface area contributed by atoms with Gasteiger partial charge in [-0.1, -0.05) is 5.16 Å². The molecule has 1 fully saturated rings. The van der Waals surface area contributed by atoms with Crippen molar-refractivity contribution in [3.8, 4) is 5.75 Å². The number of hydrogen-bond acceptors (Lipinski definition) is 6. The van der Waals surface area contributed by atoms with E-state index >= 15 is 0 Å². The lowest BCUT2D eigenvalue weighted by molar-refractivity contribution is 0.0493. The summed E-state index contributed by atoms with van der Waals surface area (Å²) in [6, 6.07) is 5.13. The maximum absolute atomic E-state index is 12.5. The number of aryl methyl sites for hydroxylation is 1. The van der Waals surface area contributed by atoms with Crippen LogP contribution in [0.1, 0.15) is 41.2 Å². The highest BCUT2D eigenvalue weighted by molar-refractivity contribution is 5.92. The van der Waals surface area contributed by atoms with Crippen LogP contribution >= 0.6 is 0 Å². The second-order valence-corrected chi connectivity index (χ2v) is 5.93. The first-order valence-corrected chi connectivity index (χ1v) is 8.10. The highest BCUT2D eigenvalue weighted by Gasteiger charge is 2.28. The number of aliphatic hydroxyl groups is 1. The van der Waals surface area contributed by atoms with Crippen LogP contribution in [0, 0.1) is 6.92 Å². The van der Waals surface area contributed by atoms with E-state index in [2.05, 4.69) is 10.1 Å². The van der Waals surface area contributed by atoms with Crippen molar-refractivity contribution in [3.05, 3.63) is 41.5 Å². The van der Waals surface area contributed by atoms with Gasteiger partial charge in [-0.25, -0.2) is 0 Å². The molecule has 24 heavy (non-hydrogen) atoms. The van der Waals surface area contributed by atoms with Gasteiger partial charge in [-0.3, -0.25) is 9.78 Å². The molecule has 2 aromatic heterocycles. The van der Waals surface area contributed by atoms with E-state index in [4.69, 9.17) is 9.26 Å². The van der Waals surface area contributed by atoms with Gasteiger partial charge in [-0.05, 0) is 38.3 Å². The molecule has 1 saturated heterocycles. The number of aliphatic hydroxyl groups excluding tert-OH is 1. The highest BCUT2D eigenvalue weighted by Crippen LogP contribution is 2.20. The Bertz CT molecular complexity index is 683. The maximum Gasteiger partial charge on any atom is 0.276 e. The molecule has 7 heteroatoms. The van der Waals surface area contributed by atoms with Crippen LogP contribution in [0.2, 0.25) is 0 Å². The normalized spacial score (nSPS) is 17.8. The van der Waals surface area contributed by atoms with Crippen molar-refractivity contribution in [3.63, 3.8) is 0 Å². The van der Waals surface area contributed by atoms with E-state index in [1.54, 1.807) is 17.2 Å². The summed E-state index contributed by atoms with van der Waals surface area (Å²) in [7, 11) is 0. The minimum Gasteiger partial charge on any atom is -0.484 e. The average molecular weight is 331 g/mol. The SMILES string of the molecule is Cc1ccc(OCc2cc(C(=O)N3CCCC[C@H]3CO)no2)cn1. The van der Waals surface area contributed by atoms with E-state index in [0.29, 0.717) is 18.1 Å². The van der Waals surface area contributed by atoms with Gasteiger partial charge in [0, 0.05) is 18.3 Å². The summed E-state index contributed by atoms with van der Waals surface area (Å²) >= 11 is 0. The number of hydrogen-bond donors (Lipinski definition) is 1. The Balaban J connectivity index is 1.62. The molecule has 3 heterocycles. The van der Waals surface area contributed by atoms with Crippen LogP contribution in [0.15, 0.2) is 28.9 Å². The second-order valence-electron chi connectivity index (χ2n) is 5.93. The number of rotatable bonds is 5. The predicted molar refractivity (Wildman–Crippen MR) is 85.6 cm³/mol. The van der Waals surface area contributed by atoms with E-state index in [9.17, 15) is 9.90 Å². The smallest absolute Gasteiger partial charge is 0.276 e. The monoisotopic (exact) mass is 331 g/mol. The lowest BCUT2D eigenvalue weighted by atomic mass is 10.0. The number of likely N-dealkylation sites (tertiary alicyclic amines) is 1. The Morgan fingerprint density at radius 2 is 2.33 bits per heavy atom. The molecule has 0 aliphatic carbocycles. The van der Waals surface area contributed by atoms with E-state index in [1.165, 1.54) is 0 Å². The fraction of sp³-hybridized carbons (Fsp3) is 0.471. The first-order chi connectivity index (χ1) is 11.7. The number of carbonyl (C=O) groups excluding carboxylic acids is 1. The molecule has 0 radical (unpaired) electrons. The number of ether oxygens (including phenoxy) is 1. The molecule has 128 valence electrons. The lowest BCUT2D eigenvalue weighted by Gasteiger charge is -2.33. The van der Waals surface area contributed by atoms with E-state index in [-0.39, 0.29) is 30.9 Å². The Kier molecular flexibility index (Phi) is 5.10. The molecule has 0 bridgehead atoms. The zero-order chi connectivity index (χ0) is 16.9. The lowest BCUT2D eigenvalue weighted by Crippen LogP contribution is -2.45. The Labute approximate surface area is 140 Å². The molecular weight excluding hydrogens is 310 g/mol. The van der Waals surface area contributed by atoms with Crippen LogP contribution in [-0.4, -0.2) is 45.2 Å². The van der Waals surface area contributed by atoms with Crippen LogP contribution in [0.3, 0.4) is 0 Å². The average Bonchev–Trinajstić information content (AvgIpc) is 3.09. The van der Waals surface area contributed by atoms with Crippen molar-refractivity contribution >= 4 is 5.91 Å². The van der Waals surface area contributed by atoms with Crippen molar-refractivity contribution in [1.29, 1.82) is 0 Å². The summed E-state index contributed by atoms with van der Waals surface area (Å²) in [5, 5.41) is 13.3. The van der Waals surface area contributed by atoms with Crippen LogP contribution in [-0.2, 0) is 6.61 Å². The quantitative estimate of drug-likeness (QED) is 0.901. The van der Waals surface area contributed by atoms with Crippen LogP contribution in [0.25, 0.3) is 0 Å². The summed E-state index contributed by atoms with van der Waals surface area (Å²) in [5.41, 5.74) is 1.16. The first-order valence-electron chi connectivity index (χ1n) is 8.10. The van der Waals surface area contributed by atoms with Crippen molar-refractivity contribution in [1.82, 2.24) is 15.0 Å². The number of nitrogens with zero attached hydrogens (tertiary/aromatic N) is 3. The topological polar surface area (TPSA) is 88.7 Å². The molecule has 0 saturated carbocycles. The molecule has 1 atom stereocenters. The van der Waals surface area contributed by atoms with Gasteiger partial charge in [0.25, 0.3) is 5.91 Å². The molecule has 1 N–H and O–H groups in total. The van der Waals surface area contributed by atoms with Gasteiger partial charge in [0.05, 0.1) is 18.8 Å². The Morgan fingerprint density at radius 3 is 3.08 bits per heavy atom. The van der Waals surface area contributed by atoms with Gasteiger partial charge in [-0.15, -0.1) is 0 Å². The zero-order valence-electron chi connectivity index (χ0n) is 13.6. The molecule has 0 spiro atoms. The number of aromatic nitrogens is 2. The summed E-state index contributed by atoms with van der Waals surface area (Å²) in [5.74, 6) is 0.887. The Morgan fingerprint density at radius 1 is 1.46 bits per heavy atom. The molecule has 1 aliphatic rings. The minimum atomic E-state index is -0.208. The largest absolute Gasteiger partial charge is 0.484 e. The third-order valence-corrected chi connectivity index (χ3v) is 4.14. The number of pyridine rings is 1. The fourth-order valence-corrected chi connectivity index (χ4v) is 2.78. The van der Waals surface area contributed by atoms with Gasteiger partial charge in [0.1, 0.15) is 12.4 Å². The van der Waals surface area contributed by atoms with E-state index in [0.717, 1.165) is 25.0 Å². The third kappa shape index (κ3) is 3.73. The van der Waals surface area contributed by atoms with Crippen LogP contribution < -0.4 is 4.74 Å². The number of carbonyl (C=O) groups is 1. The predicted octanol–water partition coefficient (Wildman–Crippen LogP) is 1.94.